The van der Waals surface area contributed by atoms with Gasteiger partial charge in [-0.25, -0.2) is 4.98 Å². The first-order valence-electron chi connectivity index (χ1n) is 4.24. The Hall–Kier alpha value is -1.97. The second-order valence-corrected chi connectivity index (χ2v) is 2.99. The highest BCUT2D eigenvalue weighted by atomic mass is 16.1. The molecule has 0 atom stereocenters. The molecular weight excluding hydrogens is 178 g/mol. The minimum absolute atomic E-state index is 0.431. The standard InChI is InChI=1S/C10H9N3O/c1-7-2-3-8(6-14)12-10(7)9-4-5-11-13-9/h2-6H,1H3,(H,11,13). The fourth-order valence-electron chi connectivity index (χ4n) is 1.27. The molecule has 0 saturated heterocycles. The van der Waals surface area contributed by atoms with E-state index in [1.807, 2.05) is 19.1 Å². The van der Waals surface area contributed by atoms with Gasteiger partial charge in [-0.1, -0.05) is 6.07 Å². The molecule has 70 valence electrons. The molecule has 2 aromatic rings. The second kappa shape index (κ2) is 3.41. The van der Waals surface area contributed by atoms with E-state index in [2.05, 4.69) is 15.2 Å². The van der Waals surface area contributed by atoms with Crippen LogP contribution in [0.4, 0.5) is 0 Å². The Morgan fingerprint density at radius 2 is 2.21 bits per heavy atom. The molecule has 2 heterocycles. The van der Waals surface area contributed by atoms with E-state index in [-0.39, 0.29) is 0 Å². The van der Waals surface area contributed by atoms with Gasteiger partial charge in [0.2, 0.25) is 0 Å². The van der Waals surface area contributed by atoms with E-state index in [0.717, 1.165) is 23.2 Å². The molecule has 0 spiro atoms. The zero-order valence-corrected chi connectivity index (χ0v) is 7.69. The maximum absolute atomic E-state index is 10.6. The number of nitrogens with zero attached hydrogens (tertiary/aromatic N) is 2. The van der Waals surface area contributed by atoms with E-state index in [1.165, 1.54) is 0 Å². The number of carbonyl (C=O) groups excluding carboxylic acids is 1. The number of H-pyrrole nitrogens is 1. The quantitative estimate of drug-likeness (QED) is 0.726. The van der Waals surface area contributed by atoms with E-state index in [1.54, 1.807) is 12.3 Å². The molecule has 0 bridgehead atoms. The van der Waals surface area contributed by atoms with Crippen molar-refractivity contribution in [2.45, 2.75) is 6.92 Å². The molecule has 2 rings (SSSR count). The molecule has 1 N–H and O–H groups in total. The van der Waals surface area contributed by atoms with Crippen molar-refractivity contribution in [2.75, 3.05) is 0 Å². The maximum Gasteiger partial charge on any atom is 0.168 e. The summed E-state index contributed by atoms with van der Waals surface area (Å²) < 4.78 is 0. The minimum atomic E-state index is 0.431. The first kappa shape index (κ1) is 8.62. The topological polar surface area (TPSA) is 58.6 Å². The second-order valence-electron chi connectivity index (χ2n) is 2.99. The SMILES string of the molecule is Cc1ccc(C=O)nc1-c1ccn[nH]1. The summed E-state index contributed by atoms with van der Waals surface area (Å²) in [4.78, 5) is 14.7. The fraction of sp³-hybridized carbons (Fsp3) is 0.100. The summed E-state index contributed by atoms with van der Waals surface area (Å²) in [5, 5.41) is 6.66. The van der Waals surface area contributed by atoms with Gasteiger partial charge in [0.15, 0.2) is 6.29 Å². The van der Waals surface area contributed by atoms with E-state index < -0.39 is 0 Å². The van der Waals surface area contributed by atoms with Gasteiger partial charge in [0.05, 0.1) is 11.4 Å². The first-order chi connectivity index (χ1) is 6.81. The van der Waals surface area contributed by atoms with Gasteiger partial charge in [0.1, 0.15) is 5.69 Å². The maximum atomic E-state index is 10.6. The summed E-state index contributed by atoms with van der Waals surface area (Å²) in [5.41, 5.74) is 3.04. The molecule has 0 aromatic carbocycles. The average Bonchev–Trinajstić information content (AvgIpc) is 2.71. The van der Waals surface area contributed by atoms with Crippen molar-refractivity contribution in [1.29, 1.82) is 0 Å². The number of carbonyl (C=O) groups is 1. The third kappa shape index (κ3) is 1.42. The van der Waals surface area contributed by atoms with Crippen molar-refractivity contribution in [2.24, 2.45) is 0 Å². The normalized spacial score (nSPS) is 10.1. The molecule has 0 unspecified atom stereocenters. The van der Waals surface area contributed by atoms with Crippen LogP contribution in [0.1, 0.15) is 16.1 Å². The van der Waals surface area contributed by atoms with Crippen LogP contribution in [-0.4, -0.2) is 21.5 Å². The largest absolute Gasteiger partial charge is 0.296 e. The average molecular weight is 187 g/mol. The predicted octanol–water partition coefficient (Wildman–Crippen LogP) is 1.59. The minimum Gasteiger partial charge on any atom is -0.296 e. The summed E-state index contributed by atoms with van der Waals surface area (Å²) >= 11 is 0. The van der Waals surface area contributed by atoms with E-state index in [9.17, 15) is 4.79 Å². The molecule has 4 heteroatoms. The number of rotatable bonds is 2. The highest BCUT2D eigenvalue weighted by Gasteiger charge is 2.05. The Kier molecular flexibility index (Phi) is 2.10. The lowest BCUT2D eigenvalue weighted by molar-refractivity contribution is 0.111. The monoisotopic (exact) mass is 187 g/mol. The lowest BCUT2D eigenvalue weighted by Crippen LogP contribution is -1.93. The number of aromatic amines is 1. The lowest BCUT2D eigenvalue weighted by Gasteiger charge is -2.01. The Labute approximate surface area is 81.0 Å². The Bertz CT molecular complexity index is 448. The third-order valence-corrected chi connectivity index (χ3v) is 2.00. The number of hydrogen-bond acceptors (Lipinski definition) is 3. The van der Waals surface area contributed by atoms with Gasteiger partial charge in [-0.15, -0.1) is 0 Å². The number of aromatic nitrogens is 3. The molecule has 0 aliphatic rings. The van der Waals surface area contributed by atoms with Crippen LogP contribution in [0, 0.1) is 6.92 Å². The van der Waals surface area contributed by atoms with Gasteiger partial charge >= 0.3 is 0 Å². The Morgan fingerprint density at radius 3 is 2.86 bits per heavy atom. The van der Waals surface area contributed by atoms with Gasteiger partial charge in [0.25, 0.3) is 0 Å². The summed E-state index contributed by atoms with van der Waals surface area (Å²) in [7, 11) is 0. The third-order valence-electron chi connectivity index (χ3n) is 2.00. The van der Waals surface area contributed by atoms with Crippen LogP contribution in [0.2, 0.25) is 0 Å². The number of aldehydes is 1. The molecule has 2 aromatic heterocycles. The van der Waals surface area contributed by atoms with E-state index >= 15 is 0 Å². The molecule has 0 radical (unpaired) electrons. The van der Waals surface area contributed by atoms with Crippen LogP contribution in [0.15, 0.2) is 24.4 Å². The zero-order valence-electron chi connectivity index (χ0n) is 7.69. The Morgan fingerprint density at radius 1 is 1.36 bits per heavy atom. The summed E-state index contributed by atoms with van der Waals surface area (Å²) in [6.07, 6.45) is 2.39. The van der Waals surface area contributed by atoms with Crippen molar-refractivity contribution >= 4 is 6.29 Å². The van der Waals surface area contributed by atoms with Crippen molar-refractivity contribution in [3.05, 3.63) is 35.7 Å². The molecular formula is C10H9N3O. The van der Waals surface area contributed by atoms with Crippen LogP contribution < -0.4 is 0 Å². The summed E-state index contributed by atoms with van der Waals surface area (Å²) in [5.74, 6) is 0. The lowest BCUT2D eigenvalue weighted by atomic mass is 10.1. The molecule has 14 heavy (non-hydrogen) atoms. The molecule has 0 saturated carbocycles. The van der Waals surface area contributed by atoms with Crippen LogP contribution in [0.25, 0.3) is 11.4 Å². The van der Waals surface area contributed by atoms with Crippen LogP contribution in [0.5, 0.6) is 0 Å². The van der Waals surface area contributed by atoms with Crippen LogP contribution in [0.3, 0.4) is 0 Å². The summed E-state index contributed by atoms with van der Waals surface area (Å²) in [6.45, 7) is 1.94. The molecule has 4 nitrogen and oxygen atoms in total. The van der Waals surface area contributed by atoms with Gasteiger partial charge in [-0.3, -0.25) is 9.89 Å². The van der Waals surface area contributed by atoms with Crippen molar-refractivity contribution in [3.63, 3.8) is 0 Å². The number of hydrogen-bond donors (Lipinski definition) is 1. The van der Waals surface area contributed by atoms with Crippen molar-refractivity contribution < 1.29 is 4.79 Å². The van der Waals surface area contributed by atoms with Gasteiger partial charge < -0.3 is 0 Å². The highest BCUT2D eigenvalue weighted by Crippen LogP contribution is 2.17. The number of nitrogens with one attached hydrogen (secondary N) is 1. The van der Waals surface area contributed by atoms with Crippen LogP contribution >= 0.6 is 0 Å². The molecule has 0 aliphatic carbocycles. The molecule has 0 aliphatic heterocycles. The predicted molar refractivity (Wildman–Crippen MR) is 51.9 cm³/mol. The van der Waals surface area contributed by atoms with Gasteiger partial charge in [-0.05, 0) is 24.6 Å². The van der Waals surface area contributed by atoms with Crippen molar-refractivity contribution in [1.82, 2.24) is 15.2 Å². The van der Waals surface area contributed by atoms with E-state index in [4.69, 9.17) is 0 Å². The molecule has 0 amide bonds. The first-order valence-corrected chi connectivity index (χ1v) is 4.24. The van der Waals surface area contributed by atoms with Gasteiger partial charge in [-0.2, -0.15) is 5.10 Å². The molecule has 0 fully saturated rings. The van der Waals surface area contributed by atoms with Gasteiger partial charge in [0, 0.05) is 6.20 Å². The number of aryl methyl sites for hydroxylation is 1. The summed E-state index contributed by atoms with van der Waals surface area (Å²) in [6, 6.07) is 5.39. The van der Waals surface area contributed by atoms with Crippen molar-refractivity contribution in [3.8, 4) is 11.4 Å². The Balaban J connectivity index is 2.57. The fourth-order valence-corrected chi connectivity index (χ4v) is 1.27. The number of pyridine rings is 1. The van der Waals surface area contributed by atoms with E-state index in [0.29, 0.717) is 5.69 Å². The highest BCUT2D eigenvalue weighted by molar-refractivity contribution is 5.74. The zero-order chi connectivity index (χ0) is 9.97. The van der Waals surface area contributed by atoms with Crippen LogP contribution in [-0.2, 0) is 0 Å². The smallest absolute Gasteiger partial charge is 0.168 e.